The Morgan fingerprint density at radius 1 is 1.36 bits per heavy atom. The highest BCUT2D eigenvalue weighted by atomic mass is 16.4. The van der Waals surface area contributed by atoms with Crippen LogP contribution in [0.3, 0.4) is 0 Å². The van der Waals surface area contributed by atoms with Crippen molar-refractivity contribution in [1.29, 1.82) is 0 Å². The number of rotatable bonds is 3. The zero-order chi connectivity index (χ0) is 11.6. The van der Waals surface area contributed by atoms with Gasteiger partial charge in [0.25, 0.3) is 0 Å². The summed E-state index contributed by atoms with van der Waals surface area (Å²) >= 11 is 0. The molecule has 0 aromatic rings. The van der Waals surface area contributed by atoms with E-state index in [9.17, 15) is 9.59 Å². The Kier molecular flexibility index (Phi) is 10.1. The van der Waals surface area contributed by atoms with Crippen LogP contribution in [0.15, 0.2) is 23.8 Å². The fraction of sp³-hybridized carbons (Fsp3) is 0.400. The third kappa shape index (κ3) is 10.4. The summed E-state index contributed by atoms with van der Waals surface area (Å²) in [6.45, 7) is 5.29. The Hall–Kier alpha value is -1.58. The van der Waals surface area contributed by atoms with Crippen molar-refractivity contribution in [3.8, 4) is 0 Å². The van der Waals surface area contributed by atoms with E-state index >= 15 is 0 Å². The van der Waals surface area contributed by atoms with Crippen LogP contribution in [-0.2, 0) is 9.59 Å². The molecule has 4 nitrogen and oxygen atoms in total. The summed E-state index contributed by atoms with van der Waals surface area (Å²) in [6, 6.07) is 0. The van der Waals surface area contributed by atoms with Crippen molar-refractivity contribution in [3.63, 3.8) is 0 Å². The van der Waals surface area contributed by atoms with Gasteiger partial charge < -0.3 is 10.8 Å². The molecule has 0 unspecified atom stereocenters. The van der Waals surface area contributed by atoms with Crippen molar-refractivity contribution in [2.45, 2.75) is 27.2 Å². The standard InChI is InChI=1S/C6H10O2.C4H7NO/c1-3-5(4-2)6(7)8;1-2-3-4(5)6/h3H,4H2,1-2H3,(H,7,8);2-3H,1H3,(H2,5,6). The first-order valence-corrected chi connectivity index (χ1v) is 4.30. The zero-order valence-electron chi connectivity index (χ0n) is 8.78. The maximum Gasteiger partial charge on any atom is 0.331 e. The molecule has 0 atom stereocenters. The number of aliphatic carboxylic acids is 1. The second-order valence-corrected chi connectivity index (χ2v) is 2.37. The van der Waals surface area contributed by atoms with Gasteiger partial charge in [0.2, 0.25) is 5.91 Å². The third-order valence-corrected chi connectivity index (χ3v) is 1.33. The molecular weight excluding hydrogens is 182 g/mol. The zero-order valence-corrected chi connectivity index (χ0v) is 8.78. The molecule has 0 aromatic heterocycles. The van der Waals surface area contributed by atoms with E-state index < -0.39 is 11.9 Å². The lowest BCUT2D eigenvalue weighted by Gasteiger charge is -1.91. The Morgan fingerprint density at radius 3 is 1.86 bits per heavy atom. The van der Waals surface area contributed by atoms with Gasteiger partial charge in [-0.25, -0.2) is 4.79 Å². The summed E-state index contributed by atoms with van der Waals surface area (Å²) in [5.74, 6) is -1.20. The van der Waals surface area contributed by atoms with Crippen LogP contribution in [0, 0.1) is 0 Å². The first-order chi connectivity index (χ1) is 6.49. The van der Waals surface area contributed by atoms with E-state index in [-0.39, 0.29) is 0 Å². The molecule has 4 heteroatoms. The maximum atomic E-state index is 10.1. The van der Waals surface area contributed by atoms with Gasteiger partial charge in [0, 0.05) is 5.57 Å². The summed E-state index contributed by atoms with van der Waals surface area (Å²) in [4.78, 5) is 19.8. The maximum absolute atomic E-state index is 10.1. The first-order valence-electron chi connectivity index (χ1n) is 4.30. The van der Waals surface area contributed by atoms with Crippen LogP contribution >= 0.6 is 0 Å². The minimum absolute atomic E-state index is 0.391. The van der Waals surface area contributed by atoms with Crippen molar-refractivity contribution < 1.29 is 14.7 Å². The van der Waals surface area contributed by atoms with Crippen molar-refractivity contribution in [3.05, 3.63) is 23.8 Å². The molecule has 0 spiro atoms. The fourth-order valence-electron chi connectivity index (χ4n) is 0.643. The molecule has 0 radical (unpaired) electrons. The van der Waals surface area contributed by atoms with Crippen LogP contribution in [0.25, 0.3) is 0 Å². The lowest BCUT2D eigenvalue weighted by molar-refractivity contribution is -0.132. The molecule has 0 aliphatic rings. The number of carbonyl (C=O) groups excluding carboxylic acids is 1. The average molecular weight is 199 g/mol. The Balaban J connectivity index is 0. The van der Waals surface area contributed by atoms with E-state index in [2.05, 4.69) is 5.73 Å². The van der Waals surface area contributed by atoms with Gasteiger partial charge in [0.15, 0.2) is 0 Å². The molecular formula is C10H17NO3. The van der Waals surface area contributed by atoms with E-state index in [0.29, 0.717) is 12.0 Å². The normalized spacial score (nSPS) is 10.6. The van der Waals surface area contributed by atoms with Gasteiger partial charge in [-0.1, -0.05) is 19.1 Å². The Labute approximate surface area is 84.1 Å². The van der Waals surface area contributed by atoms with Gasteiger partial charge in [-0.05, 0) is 26.3 Å². The quantitative estimate of drug-likeness (QED) is 0.675. The summed E-state index contributed by atoms with van der Waals surface area (Å²) in [7, 11) is 0. The van der Waals surface area contributed by atoms with Gasteiger partial charge in [-0.3, -0.25) is 4.79 Å². The number of carboxylic acids is 1. The number of carbonyl (C=O) groups is 2. The van der Waals surface area contributed by atoms with Gasteiger partial charge >= 0.3 is 5.97 Å². The summed E-state index contributed by atoms with van der Waals surface area (Å²) in [5, 5.41) is 8.30. The molecule has 0 rings (SSSR count). The number of nitrogens with two attached hydrogens (primary N) is 1. The molecule has 0 heterocycles. The number of hydrogen-bond acceptors (Lipinski definition) is 2. The molecule has 0 fully saturated rings. The van der Waals surface area contributed by atoms with E-state index in [1.807, 2.05) is 6.92 Å². The summed E-state index contributed by atoms with van der Waals surface area (Å²) < 4.78 is 0. The van der Waals surface area contributed by atoms with Crippen molar-refractivity contribution in [1.82, 2.24) is 0 Å². The molecule has 3 N–H and O–H groups in total. The van der Waals surface area contributed by atoms with Crippen molar-refractivity contribution in [2.75, 3.05) is 0 Å². The molecule has 0 bridgehead atoms. The molecule has 1 amide bonds. The Morgan fingerprint density at radius 2 is 1.86 bits per heavy atom. The Bertz CT molecular complexity index is 242. The molecule has 0 aliphatic carbocycles. The number of carboxylic acid groups (broad SMARTS) is 1. The second-order valence-electron chi connectivity index (χ2n) is 2.37. The first kappa shape index (κ1) is 14.9. The number of hydrogen-bond donors (Lipinski definition) is 2. The largest absolute Gasteiger partial charge is 0.478 e. The monoisotopic (exact) mass is 199 g/mol. The molecule has 80 valence electrons. The number of amides is 1. The smallest absolute Gasteiger partial charge is 0.331 e. The predicted molar refractivity (Wildman–Crippen MR) is 55.7 cm³/mol. The van der Waals surface area contributed by atoms with E-state index in [1.54, 1.807) is 26.0 Å². The van der Waals surface area contributed by atoms with Crippen molar-refractivity contribution >= 4 is 11.9 Å². The molecule has 0 saturated heterocycles. The van der Waals surface area contributed by atoms with Crippen LogP contribution in [0.4, 0.5) is 0 Å². The van der Waals surface area contributed by atoms with E-state index in [0.717, 1.165) is 0 Å². The lowest BCUT2D eigenvalue weighted by Crippen LogP contribution is -2.04. The van der Waals surface area contributed by atoms with Crippen LogP contribution in [0.5, 0.6) is 0 Å². The summed E-state index contributed by atoms with van der Waals surface area (Å²) in [5.41, 5.74) is 5.15. The molecule has 14 heavy (non-hydrogen) atoms. The average Bonchev–Trinajstić information content (AvgIpc) is 2.06. The van der Waals surface area contributed by atoms with Gasteiger partial charge in [-0.2, -0.15) is 0 Å². The molecule has 0 saturated carbocycles. The highest BCUT2D eigenvalue weighted by Crippen LogP contribution is 1.97. The van der Waals surface area contributed by atoms with Crippen LogP contribution in [-0.4, -0.2) is 17.0 Å². The van der Waals surface area contributed by atoms with Gasteiger partial charge in [0.1, 0.15) is 0 Å². The molecule has 0 aromatic carbocycles. The number of allylic oxidation sites excluding steroid dienone is 2. The van der Waals surface area contributed by atoms with Crippen LogP contribution in [0.2, 0.25) is 0 Å². The van der Waals surface area contributed by atoms with E-state index in [1.165, 1.54) is 6.08 Å². The van der Waals surface area contributed by atoms with Crippen LogP contribution < -0.4 is 5.73 Å². The summed E-state index contributed by atoms with van der Waals surface area (Å²) in [6.07, 6.45) is 5.12. The second kappa shape index (κ2) is 9.51. The fourth-order valence-corrected chi connectivity index (χ4v) is 0.643. The van der Waals surface area contributed by atoms with Gasteiger partial charge in [-0.15, -0.1) is 0 Å². The molecule has 0 aliphatic heterocycles. The number of primary amides is 1. The minimum Gasteiger partial charge on any atom is -0.478 e. The van der Waals surface area contributed by atoms with E-state index in [4.69, 9.17) is 5.11 Å². The minimum atomic E-state index is -0.810. The topological polar surface area (TPSA) is 80.4 Å². The SMILES string of the molecule is CC=C(CC)C(=O)O.CC=CC(N)=O. The van der Waals surface area contributed by atoms with Gasteiger partial charge in [0.05, 0.1) is 0 Å². The third-order valence-electron chi connectivity index (χ3n) is 1.33. The lowest BCUT2D eigenvalue weighted by atomic mass is 10.2. The highest BCUT2D eigenvalue weighted by Gasteiger charge is 1.99. The predicted octanol–water partition coefficient (Wildman–Crippen LogP) is 1.48. The van der Waals surface area contributed by atoms with Crippen LogP contribution in [0.1, 0.15) is 27.2 Å². The van der Waals surface area contributed by atoms with Crippen molar-refractivity contribution in [2.24, 2.45) is 5.73 Å². The highest BCUT2D eigenvalue weighted by molar-refractivity contribution is 5.86.